The average Bonchev–Trinajstić information content (AvgIpc) is 3.01. The van der Waals surface area contributed by atoms with Gasteiger partial charge in [-0.1, -0.05) is 0 Å². The van der Waals surface area contributed by atoms with Crippen LogP contribution in [0.4, 0.5) is 17.1 Å². The number of nitro benzene ring substituents is 3. The molecule has 1 aromatic carbocycles. The molecule has 0 bridgehead atoms. The molecule has 0 aliphatic carbocycles. The van der Waals surface area contributed by atoms with E-state index in [0.29, 0.717) is 12.1 Å². The van der Waals surface area contributed by atoms with E-state index in [4.69, 9.17) is 5.11 Å². The second-order valence-electron chi connectivity index (χ2n) is 4.70. The fourth-order valence-corrected chi connectivity index (χ4v) is 1.96. The summed E-state index contributed by atoms with van der Waals surface area (Å²) in [6, 6.07) is 0.625. The van der Waals surface area contributed by atoms with E-state index >= 15 is 0 Å². The van der Waals surface area contributed by atoms with Gasteiger partial charge >= 0.3 is 5.97 Å². The van der Waals surface area contributed by atoms with Crippen molar-refractivity contribution in [2.75, 3.05) is 6.54 Å². The Morgan fingerprint density at radius 3 is 1.83 bits per heavy atom. The van der Waals surface area contributed by atoms with Crippen LogP contribution in [0.25, 0.3) is 0 Å². The molecule has 0 spiro atoms. The lowest BCUT2D eigenvalue weighted by molar-refractivity contribution is -0.658. The molecule has 24 heavy (non-hydrogen) atoms. The van der Waals surface area contributed by atoms with Crippen LogP contribution in [0.2, 0.25) is 0 Å². The highest BCUT2D eigenvalue weighted by Crippen LogP contribution is 2.36. The number of nitrogens with two attached hydrogens (primary N) is 1. The number of benzene rings is 1. The Balaban J connectivity index is 0.000000300. The van der Waals surface area contributed by atoms with E-state index in [2.05, 4.69) is 0 Å². The Hall–Kier alpha value is -3.35. The van der Waals surface area contributed by atoms with Gasteiger partial charge in [0.15, 0.2) is 6.04 Å². The number of nitro groups is 3. The zero-order chi connectivity index (χ0) is 18.4. The molecule has 130 valence electrons. The van der Waals surface area contributed by atoms with Crippen molar-refractivity contribution in [1.82, 2.24) is 0 Å². The molecule has 1 fully saturated rings. The molecule has 1 saturated heterocycles. The summed E-state index contributed by atoms with van der Waals surface area (Å²) in [7, 11) is 0. The molecule has 0 radical (unpaired) electrons. The van der Waals surface area contributed by atoms with Gasteiger partial charge in [-0.05, 0) is 0 Å². The molecule has 2 rings (SSSR count). The van der Waals surface area contributed by atoms with Gasteiger partial charge in [0.1, 0.15) is 0 Å². The summed E-state index contributed by atoms with van der Waals surface area (Å²) in [6.45, 7) is 0.983. The first-order valence-electron chi connectivity index (χ1n) is 6.49. The fourth-order valence-electron chi connectivity index (χ4n) is 1.96. The summed E-state index contributed by atoms with van der Waals surface area (Å²) in [5.74, 6) is -2.12. The van der Waals surface area contributed by atoms with Crippen molar-refractivity contribution in [3.63, 3.8) is 0 Å². The van der Waals surface area contributed by atoms with E-state index in [1.165, 1.54) is 0 Å². The minimum absolute atomic E-state index is 0.144. The molecule has 0 aromatic heterocycles. The molecule has 13 heteroatoms. The van der Waals surface area contributed by atoms with E-state index < -0.39 is 43.6 Å². The quantitative estimate of drug-likeness (QED) is 0.521. The van der Waals surface area contributed by atoms with Crippen LogP contribution >= 0.6 is 0 Å². The number of hydrogen-bond acceptors (Lipinski definition) is 8. The fraction of sp³-hybridized carbons (Fsp3) is 0.364. The van der Waals surface area contributed by atoms with Crippen LogP contribution in [0.3, 0.4) is 0 Å². The van der Waals surface area contributed by atoms with Gasteiger partial charge in [-0.3, -0.25) is 30.3 Å². The summed E-state index contributed by atoms with van der Waals surface area (Å²) >= 11 is 0. The van der Waals surface area contributed by atoms with Crippen molar-refractivity contribution in [3.05, 3.63) is 42.5 Å². The predicted molar refractivity (Wildman–Crippen MR) is 73.3 cm³/mol. The van der Waals surface area contributed by atoms with Gasteiger partial charge in [0.25, 0.3) is 17.1 Å². The largest absolute Gasteiger partial charge is 0.863 e. The van der Waals surface area contributed by atoms with Crippen LogP contribution < -0.4 is 10.4 Å². The number of hydrogen-bond donors (Lipinski definition) is 2. The van der Waals surface area contributed by atoms with Gasteiger partial charge in [-0.25, -0.2) is 4.79 Å². The molecule has 3 N–H and O–H groups in total. The third-order valence-electron chi connectivity index (χ3n) is 3.13. The first kappa shape index (κ1) is 18.7. The zero-order valence-corrected chi connectivity index (χ0v) is 12.0. The molecule has 0 saturated carbocycles. The monoisotopic (exact) mass is 344 g/mol. The first-order chi connectivity index (χ1) is 11.1. The maximum Gasteiger partial charge on any atom is 0.362 e. The Morgan fingerprint density at radius 2 is 1.58 bits per heavy atom. The number of nitrogens with zero attached hydrogens (tertiary/aromatic N) is 3. The second-order valence-corrected chi connectivity index (χ2v) is 4.70. The highest BCUT2D eigenvalue weighted by molar-refractivity contribution is 5.71. The summed E-state index contributed by atoms with van der Waals surface area (Å²) in [4.78, 5) is 37.7. The minimum atomic E-state index is -1.46. The van der Waals surface area contributed by atoms with Crippen molar-refractivity contribution >= 4 is 23.0 Å². The van der Waals surface area contributed by atoms with E-state index in [1.54, 1.807) is 0 Å². The van der Waals surface area contributed by atoms with Crippen LogP contribution in [0.1, 0.15) is 12.8 Å². The highest BCUT2D eigenvalue weighted by atomic mass is 16.6. The Morgan fingerprint density at radius 1 is 1.08 bits per heavy atom. The summed E-state index contributed by atoms with van der Waals surface area (Å²) in [5, 5.41) is 52.4. The molecule has 1 aliphatic heterocycles. The molecule has 0 amide bonds. The molecule has 13 nitrogen and oxygen atoms in total. The second kappa shape index (κ2) is 7.77. The molecule has 1 atom stereocenters. The number of carboxylic acid groups (broad SMARTS) is 1. The van der Waals surface area contributed by atoms with Crippen LogP contribution in [0.15, 0.2) is 12.1 Å². The maximum atomic E-state index is 11.1. The molecular formula is C11H12N4O9. The van der Waals surface area contributed by atoms with Crippen LogP contribution in [-0.4, -0.2) is 38.4 Å². The number of carboxylic acids is 1. The lowest BCUT2D eigenvalue weighted by atomic mass is 10.2. The Bertz CT molecular complexity index is 649. The number of carbonyl (C=O) groups is 1. The summed E-state index contributed by atoms with van der Waals surface area (Å²) in [6.07, 6.45) is 1.90. The standard InChI is InChI=1S/C6H3N3O7.C5H9NO2/c10-6-4(8(13)14)1-3(7(11)12)2-5(6)9(15)16;7-5(8)4-2-1-3-6-4/h1-2,10H;4,6H,1-3H2,(H,7,8)/t;4-/m.1/s1. The predicted octanol–water partition coefficient (Wildman–Crippen LogP) is -0.718. The van der Waals surface area contributed by atoms with E-state index in [-0.39, 0.29) is 6.04 Å². The van der Waals surface area contributed by atoms with Gasteiger partial charge in [0.2, 0.25) is 0 Å². The minimum Gasteiger partial charge on any atom is -0.863 e. The van der Waals surface area contributed by atoms with Crippen LogP contribution in [0, 0.1) is 30.3 Å². The Kier molecular flexibility index (Phi) is 6.06. The van der Waals surface area contributed by atoms with E-state index in [9.17, 15) is 40.2 Å². The van der Waals surface area contributed by atoms with Crippen molar-refractivity contribution in [1.29, 1.82) is 0 Å². The Labute approximate surface area is 133 Å². The SMILES string of the molecule is O=C(O)[C@H]1CCC[NH2+]1.O=[N+]([O-])c1cc([N+](=O)[O-])c([O-])c([N+](=O)[O-])c1. The topological polar surface area (TPSA) is 206 Å². The first-order valence-corrected chi connectivity index (χ1v) is 6.49. The van der Waals surface area contributed by atoms with Gasteiger partial charge in [0, 0.05) is 12.8 Å². The third-order valence-corrected chi connectivity index (χ3v) is 3.13. The lowest BCUT2D eigenvalue weighted by Crippen LogP contribution is -2.88. The smallest absolute Gasteiger partial charge is 0.362 e. The average molecular weight is 344 g/mol. The van der Waals surface area contributed by atoms with Crippen LogP contribution in [-0.2, 0) is 4.79 Å². The third kappa shape index (κ3) is 4.57. The molecule has 0 unspecified atom stereocenters. The zero-order valence-electron chi connectivity index (χ0n) is 12.0. The molecule has 1 heterocycles. The summed E-state index contributed by atoms with van der Waals surface area (Å²) in [5.41, 5.74) is -3.26. The van der Waals surface area contributed by atoms with Crippen molar-refractivity contribution in [3.8, 4) is 5.75 Å². The number of quaternary nitrogens is 1. The molecular weight excluding hydrogens is 332 g/mol. The van der Waals surface area contributed by atoms with E-state index in [1.807, 2.05) is 5.32 Å². The van der Waals surface area contributed by atoms with Gasteiger partial charge < -0.3 is 15.5 Å². The van der Waals surface area contributed by atoms with Crippen LogP contribution in [0.5, 0.6) is 5.75 Å². The number of rotatable bonds is 4. The van der Waals surface area contributed by atoms with E-state index in [0.717, 1.165) is 19.4 Å². The van der Waals surface area contributed by atoms with Crippen molar-refractivity contribution in [2.45, 2.75) is 18.9 Å². The normalized spacial score (nSPS) is 15.9. The van der Waals surface area contributed by atoms with Gasteiger partial charge in [-0.2, -0.15) is 0 Å². The van der Waals surface area contributed by atoms with Crippen molar-refractivity contribution < 1.29 is 35.1 Å². The van der Waals surface area contributed by atoms with Crippen molar-refractivity contribution in [2.24, 2.45) is 0 Å². The number of non-ortho nitro benzene ring substituents is 1. The highest BCUT2D eigenvalue weighted by Gasteiger charge is 2.25. The lowest BCUT2D eigenvalue weighted by Gasteiger charge is -2.06. The van der Waals surface area contributed by atoms with Gasteiger partial charge in [-0.15, -0.1) is 0 Å². The maximum absolute atomic E-state index is 11.1. The molecule has 1 aliphatic rings. The molecule has 1 aromatic rings. The summed E-state index contributed by atoms with van der Waals surface area (Å²) < 4.78 is 0. The number of aliphatic carboxylic acids is 1. The van der Waals surface area contributed by atoms with Gasteiger partial charge in [0.05, 0.1) is 39.2 Å².